The van der Waals surface area contributed by atoms with Crippen LogP contribution in [0, 0.1) is 17.2 Å². The van der Waals surface area contributed by atoms with E-state index >= 15 is 0 Å². The number of carbonyl (C=O) groups excluding carboxylic acids is 3. The summed E-state index contributed by atoms with van der Waals surface area (Å²) >= 11 is 0. The molecule has 1 aliphatic carbocycles. The molecular weight excluding hydrogens is 421 g/mol. The lowest BCUT2D eigenvalue weighted by Gasteiger charge is -2.33. The van der Waals surface area contributed by atoms with Crippen molar-refractivity contribution < 1.29 is 18.8 Å². The van der Waals surface area contributed by atoms with Gasteiger partial charge in [0.1, 0.15) is 5.82 Å². The second-order valence-electron chi connectivity index (χ2n) is 9.18. The summed E-state index contributed by atoms with van der Waals surface area (Å²) in [6.45, 7) is 1.94. The van der Waals surface area contributed by atoms with Gasteiger partial charge in [0, 0.05) is 56.4 Å². The Morgan fingerprint density at radius 1 is 1.03 bits per heavy atom. The van der Waals surface area contributed by atoms with E-state index in [0.29, 0.717) is 25.2 Å². The Morgan fingerprint density at radius 2 is 1.73 bits per heavy atom. The number of aromatic nitrogens is 1. The molecule has 0 radical (unpaired) electrons. The van der Waals surface area contributed by atoms with Crippen LogP contribution in [0.1, 0.15) is 54.4 Å². The van der Waals surface area contributed by atoms with Crippen molar-refractivity contribution in [3.05, 3.63) is 65.7 Å². The molecule has 1 aromatic carbocycles. The molecule has 174 valence electrons. The van der Waals surface area contributed by atoms with Crippen LogP contribution in [-0.4, -0.2) is 47.1 Å². The molecule has 2 amide bonds. The molecule has 1 aromatic heterocycles. The lowest BCUT2D eigenvalue weighted by molar-refractivity contribution is -0.132. The maximum absolute atomic E-state index is 13.0. The number of aryl methyl sites for hydroxylation is 1. The van der Waals surface area contributed by atoms with E-state index in [4.69, 9.17) is 0 Å². The zero-order valence-electron chi connectivity index (χ0n) is 18.8. The van der Waals surface area contributed by atoms with Crippen LogP contribution in [0.2, 0.25) is 0 Å². The van der Waals surface area contributed by atoms with E-state index in [2.05, 4.69) is 10.3 Å². The molecule has 6 nitrogen and oxygen atoms in total. The van der Waals surface area contributed by atoms with Crippen molar-refractivity contribution in [1.82, 2.24) is 15.2 Å². The van der Waals surface area contributed by atoms with E-state index in [-0.39, 0.29) is 47.6 Å². The average Bonchev–Trinajstić information content (AvgIpc) is 3.54. The van der Waals surface area contributed by atoms with E-state index in [1.807, 2.05) is 17.0 Å². The topological polar surface area (TPSA) is 79.4 Å². The van der Waals surface area contributed by atoms with Crippen molar-refractivity contribution in [2.45, 2.75) is 44.9 Å². The zero-order valence-corrected chi connectivity index (χ0v) is 18.8. The van der Waals surface area contributed by atoms with E-state index in [1.165, 1.54) is 29.8 Å². The van der Waals surface area contributed by atoms with Gasteiger partial charge in [0.25, 0.3) is 0 Å². The maximum Gasteiger partial charge on any atom is 0.223 e. The largest absolute Gasteiger partial charge is 0.356 e. The number of amides is 2. The molecule has 4 rings (SSSR count). The van der Waals surface area contributed by atoms with E-state index in [0.717, 1.165) is 32.1 Å². The fraction of sp³-hybridized carbons (Fsp3) is 0.462. The fourth-order valence-corrected chi connectivity index (χ4v) is 4.81. The summed E-state index contributed by atoms with van der Waals surface area (Å²) in [6.07, 6.45) is 8.22. The number of nitrogens with one attached hydrogen (secondary N) is 1. The van der Waals surface area contributed by atoms with E-state index in [9.17, 15) is 18.8 Å². The molecule has 1 unspecified atom stereocenters. The zero-order chi connectivity index (χ0) is 23.3. The molecule has 1 saturated carbocycles. The summed E-state index contributed by atoms with van der Waals surface area (Å²) in [6, 6.07) is 9.39. The van der Waals surface area contributed by atoms with Crippen molar-refractivity contribution in [3.63, 3.8) is 0 Å². The molecule has 2 aromatic rings. The summed E-state index contributed by atoms with van der Waals surface area (Å²) in [5, 5.41) is 3.08. The summed E-state index contributed by atoms with van der Waals surface area (Å²) in [4.78, 5) is 43.2. The minimum atomic E-state index is -0.387. The minimum Gasteiger partial charge on any atom is -0.356 e. The normalized spacial score (nSPS) is 18.7. The molecule has 1 spiro atoms. The second-order valence-corrected chi connectivity index (χ2v) is 9.18. The lowest BCUT2D eigenvalue weighted by atomic mass is 9.90. The van der Waals surface area contributed by atoms with Gasteiger partial charge in [-0.2, -0.15) is 0 Å². The third kappa shape index (κ3) is 5.83. The molecule has 2 aliphatic rings. The van der Waals surface area contributed by atoms with Crippen LogP contribution in [-0.2, 0) is 16.0 Å². The minimum absolute atomic E-state index is 0.0296. The third-order valence-corrected chi connectivity index (χ3v) is 7.04. The summed E-state index contributed by atoms with van der Waals surface area (Å²) in [7, 11) is 0. The van der Waals surface area contributed by atoms with Gasteiger partial charge in [-0.1, -0.05) is 0 Å². The highest BCUT2D eigenvalue weighted by Gasteiger charge is 2.58. The highest BCUT2D eigenvalue weighted by atomic mass is 19.1. The van der Waals surface area contributed by atoms with Gasteiger partial charge in [-0.3, -0.25) is 19.4 Å². The van der Waals surface area contributed by atoms with Crippen molar-refractivity contribution in [2.75, 3.05) is 19.6 Å². The Bertz CT molecular complexity index is 986. The Labute approximate surface area is 193 Å². The molecule has 1 aliphatic heterocycles. The van der Waals surface area contributed by atoms with Gasteiger partial charge >= 0.3 is 0 Å². The van der Waals surface area contributed by atoms with Gasteiger partial charge in [0.05, 0.1) is 0 Å². The van der Waals surface area contributed by atoms with Gasteiger partial charge in [-0.15, -0.1) is 0 Å². The van der Waals surface area contributed by atoms with Crippen molar-refractivity contribution >= 4 is 17.6 Å². The molecule has 33 heavy (non-hydrogen) atoms. The Morgan fingerprint density at radius 3 is 2.42 bits per heavy atom. The number of rotatable bonds is 9. The molecule has 1 atom stereocenters. The SMILES string of the molecule is O=C(CCC(=O)N1CCC2(CC1)CC2C(=O)NCCCc1ccncc1)c1ccc(F)cc1. The first-order chi connectivity index (χ1) is 16.0. The van der Waals surface area contributed by atoms with E-state index in [1.54, 1.807) is 12.4 Å². The monoisotopic (exact) mass is 451 g/mol. The van der Waals surface area contributed by atoms with Crippen molar-refractivity contribution in [3.8, 4) is 0 Å². The van der Waals surface area contributed by atoms with Gasteiger partial charge in [-0.05, 0) is 79.5 Å². The Hall–Kier alpha value is -3.09. The first-order valence-electron chi connectivity index (χ1n) is 11.7. The summed E-state index contributed by atoms with van der Waals surface area (Å²) < 4.78 is 13.0. The Kier molecular flexibility index (Phi) is 7.16. The molecular formula is C26H30FN3O3. The van der Waals surface area contributed by atoms with Crippen LogP contribution < -0.4 is 5.32 Å². The quantitative estimate of drug-likeness (QED) is 0.467. The smallest absolute Gasteiger partial charge is 0.223 e. The maximum atomic E-state index is 13.0. The number of hydrogen-bond donors (Lipinski definition) is 1. The number of halogens is 1. The standard InChI is InChI=1S/C26H30FN3O3/c27-21-5-3-20(4-6-21)23(31)7-8-24(32)30-16-11-26(12-17-30)18-22(26)25(33)29-13-1-2-19-9-14-28-15-10-19/h3-6,9-10,14-15,22H,1-2,7-8,11-13,16-18H2,(H,29,33). The van der Waals surface area contributed by atoms with Crippen molar-refractivity contribution in [2.24, 2.45) is 11.3 Å². The number of hydrogen-bond acceptors (Lipinski definition) is 4. The van der Waals surface area contributed by atoms with Crippen LogP contribution in [0.15, 0.2) is 48.8 Å². The average molecular weight is 452 g/mol. The van der Waals surface area contributed by atoms with Crippen LogP contribution in [0.3, 0.4) is 0 Å². The number of Topliss-reactive ketones (excluding diaryl/α,β-unsaturated/α-hetero) is 1. The number of nitrogens with zero attached hydrogens (tertiary/aromatic N) is 2. The second kappa shape index (κ2) is 10.2. The number of carbonyl (C=O) groups is 3. The third-order valence-electron chi connectivity index (χ3n) is 7.04. The van der Waals surface area contributed by atoms with E-state index < -0.39 is 0 Å². The molecule has 2 heterocycles. The summed E-state index contributed by atoms with van der Waals surface area (Å²) in [5.41, 5.74) is 1.68. The predicted octanol–water partition coefficient (Wildman–Crippen LogP) is 3.56. The lowest BCUT2D eigenvalue weighted by Crippen LogP contribution is -2.40. The molecule has 7 heteroatoms. The highest BCUT2D eigenvalue weighted by Crippen LogP contribution is 2.59. The number of pyridine rings is 1. The van der Waals surface area contributed by atoms with Crippen LogP contribution >= 0.6 is 0 Å². The molecule has 1 saturated heterocycles. The van der Waals surface area contributed by atoms with Crippen LogP contribution in [0.4, 0.5) is 4.39 Å². The molecule has 2 fully saturated rings. The number of piperidine rings is 1. The number of likely N-dealkylation sites (tertiary alicyclic amines) is 1. The highest BCUT2D eigenvalue weighted by molar-refractivity contribution is 5.97. The van der Waals surface area contributed by atoms with Gasteiger partial charge in [-0.25, -0.2) is 4.39 Å². The number of benzene rings is 1. The Balaban J connectivity index is 1.14. The van der Waals surface area contributed by atoms with Gasteiger partial charge in [0.2, 0.25) is 11.8 Å². The first-order valence-corrected chi connectivity index (χ1v) is 11.7. The predicted molar refractivity (Wildman–Crippen MR) is 122 cm³/mol. The van der Waals surface area contributed by atoms with Gasteiger partial charge in [0.15, 0.2) is 5.78 Å². The molecule has 1 N–H and O–H groups in total. The first kappa shape index (κ1) is 23.1. The summed E-state index contributed by atoms with van der Waals surface area (Å²) in [5.74, 6) is -0.384. The molecule has 0 bridgehead atoms. The van der Waals surface area contributed by atoms with Gasteiger partial charge < -0.3 is 10.2 Å². The van der Waals surface area contributed by atoms with Crippen molar-refractivity contribution in [1.29, 1.82) is 0 Å². The number of ketones is 1. The fourth-order valence-electron chi connectivity index (χ4n) is 4.81. The van der Waals surface area contributed by atoms with Crippen LogP contribution in [0.25, 0.3) is 0 Å². The van der Waals surface area contributed by atoms with Crippen LogP contribution in [0.5, 0.6) is 0 Å².